The number of nitrogens with one attached hydrogen (secondary N) is 1. The summed E-state index contributed by atoms with van der Waals surface area (Å²) in [4.78, 5) is 4.06. The largest absolute Gasteiger partial charge is 0.497 e. The maximum Gasteiger partial charge on any atom is 0.119 e. The van der Waals surface area contributed by atoms with Gasteiger partial charge >= 0.3 is 0 Å². The average Bonchev–Trinajstić information content (AvgIpc) is 3.09. The Balaban J connectivity index is 1.66. The lowest BCUT2D eigenvalue weighted by Gasteiger charge is -2.01. The van der Waals surface area contributed by atoms with Crippen molar-refractivity contribution >= 4 is 23.1 Å². The molecule has 122 valence electrons. The number of benzene rings is 2. The Morgan fingerprint density at radius 1 is 0.920 bits per heavy atom. The van der Waals surface area contributed by atoms with Gasteiger partial charge in [0.2, 0.25) is 0 Å². The van der Waals surface area contributed by atoms with Crippen LogP contribution in [0, 0.1) is 0 Å². The SMILES string of the molecule is COc1cccc(/C=C/c2n[nH]c3cc(-c4ccncc4)ccc23)c1. The van der Waals surface area contributed by atoms with Crippen molar-refractivity contribution in [2.24, 2.45) is 0 Å². The minimum atomic E-state index is 0.844. The number of hydrogen-bond acceptors (Lipinski definition) is 3. The van der Waals surface area contributed by atoms with Crippen LogP contribution >= 0.6 is 0 Å². The van der Waals surface area contributed by atoms with Crippen LogP contribution in [0.1, 0.15) is 11.3 Å². The molecule has 0 atom stereocenters. The van der Waals surface area contributed by atoms with Crippen molar-refractivity contribution in [3.05, 3.63) is 78.2 Å². The molecule has 0 aliphatic carbocycles. The third-order valence-corrected chi connectivity index (χ3v) is 4.13. The van der Waals surface area contributed by atoms with Crippen molar-refractivity contribution < 1.29 is 4.74 Å². The molecular formula is C21H17N3O. The minimum absolute atomic E-state index is 0.844. The van der Waals surface area contributed by atoms with Crippen LogP contribution in [0.2, 0.25) is 0 Å². The van der Waals surface area contributed by atoms with Gasteiger partial charge in [-0.2, -0.15) is 5.10 Å². The lowest BCUT2D eigenvalue weighted by molar-refractivity contribution is 0.414. The minimum Gasteiger partial charge on any atom is -0.497 e. The summed E-state index contributed by atoms with van der Waals surface area (Å²) in [5, 5.41) is 8.64. The maximum atomic E-state index is 5.26. The number of pyridine rings is 1. The summed E-state index contributed by atoms with van der Waals surface area (Å²) in [6.07, 6.45) is 7.65. The lowest BCUT2D eigenvalue weighted by Crippen LogP contribution is -1.82. The van der Waals surface area contributed by atoms with Crippen molar-refractivity contribution in [2.45, 2.75) is 0 Å². The van der Waals surface area contributed by atoms with Crippen molar-refractivity contribution in [1.29, 1.82) is 0 Å². The van der Waals surface area contributed by atoms with E-state index in [-0.39, 0.29) is 0 Å². The fourth-order valence-electron chi connectivity index (χ4n) is 2.81. The van der Waals surface area contributed by atoms with Crippen LogP contribution in [0.5, 0.6) is 5.75 Å². The maximum absolute atomic E-state index is 5.26. The second kappa shape index (κ2) is 6.61. The standard InChI is InChI=1S/C21H17N3O/c1-25-18-4-2-3-15(13-18)5-8-20-19-7-6-17(14-21(19)24-23-20)16-9-11-22-12-10-16/h2-14H,1H3,(H,23,24)/b8-5+. The van der Waals surface area contributed by atoms with Gasteiger partial charge in [0.25, 0.3) is 0 Å². The van der Waals surface area contributed by atoms with Crippen LogP contribution in [-0.4, -0.2) is 22.3 Å². The van der Waals surface area contributed by atoms with Gasteiger partial charge in [-0.25, -0.2) is 0 Å². The zero-order chi connectivity index (χ0) is 17.1. The van der Waals surface area contributed by atoms with Gasteiger partial charge in [0.15, 0.2) is 0 Å². The number of aromatic amines is 1. The fraction of sp³-hybridized carbons (Fsp3) is 0.0476. The van der Waals surface area contributed by atoms with E-state index in [1.807, 2.05) is 48.6 Å². The number of ether oxygens (including phenoxy) is 1. The molecular weight excluding hydrogens is 310 g/mol. The summed E-state index contributed by atoms with van der Waals surface area (Å²) in [6.45, 7) is 0. The second-order valence-corrected chi connectivity index (χ2v) is 5.72. The summed E-state index contributed by atoms with van der Waals surface area (Å²) < 4.78 is 5.26. The third kappa shape index (κ3) is 3.15. The van der Waals surface area contributed by atoms with E-state index in [0.717, 1.165) is 39.0 Å². The van der Waals surface area contributed by atoms with Crippen LogP contribution in [0.15, 0.2) is 67.0 Å². The molecule has 2 aromatic heterocycles. The van der Waals surface area contributed by atoms with Gasteiger partial charge in [0.1, 0.15) is 5.75 Å². The Morgan fingerprint density at radius 2 is 1.80 bits per heavy atom. The molecule has 4 nitrogen and oxygen atoms in total. The molecule has 2 heterocycles. The Kier molecular flexibility index (Phi) is 4.01. The number of H-pyrrole nitrogens is 1. The predicted molar refractivity (Wildman–Crippen MR) is 101 cm³/mol. The van der Waals surface area contributed by atoms with E-state index in [0.29, 0.717) is 0 Å². The molecule has 0 fully saturated rings. The second-order valence-electron chi connectivity index (χ2n) is 5.72. The van der Waals surface area contributed by atoms with E-state index in [4.69, 9.17) is 4.74 Å². The normalized spacial score (nSPS) is 11.2. The van der Waals surface area contributed by atoms with Crippen LogP contribution in [-0.2, 0) is 0 Å². The molecule has 0 saturated heterocycles. The van der Waals surface area contributed by atoms with Gasteiger partial charge in [-0.3, -0.25) is 10.1 Å². The van der Waals surface area contributed by atoms with Gasteiger partial charge in [0.05, 0.1) is 18.3 Å². The first-order valence-electron chi connectivity index (χ1n) is 8.04. The zero-order valence-electron chi connectivity index (χ0n) is 13.8. The Hall–Kier alpha value is -3.40. The molecule has 2 aromatic carbocycles. The zero-order valence-corrected chi connectivity index (χ0v) is 13.8. The highest BCUT2D eigenvalue weighted by atomic mass is 16.5. The van der Waals surface area contributed by atoms with E-state index in [1.54, 1.807) is 19.5 Å². The quantitative estimate of drug-likeness (QED) is 0.585. The smallest absolute Gasteiger partial charge is 0.119 e. The Morgan fingerprint density at radius 3 is 2.64 bits per heavy atom. The first-order valence-corrected chi connectivity index (χ1v) is 8.04. The molecule has 0 aliphatic rings. The monoisotopic (exact) mass is 327 g/mol. The molecule has 4 rings (SSSR count). The van der Waals surface area contributed by atoms with Gasteiger partial charge in [0, 0.05) is 17.8 Å². The topological polar surface area (TPSA) is 50.8 Å². The highest BCUT2D eigenvalue weighted by Crippen LogP contribution is 2.25. The van der Waals surface area contributed by atoms with E-state index in [9.17, 15) is 0 Å². The van der Waals surface area contributed by atoms with Crippen molar-refractivity contribution in [3.8, 4) is 16.9 Å². The van der Waals surface area contributed by atoms with Crippen molar-refractivity contribution in [2.75, 3.05) is 7.11 Å². The first kappa shape index (κ1) is 15.1. The molecule has 4 aromatic rings. The number of nitrogens with zero attached hydrogens (tertiary/aromatic N) is 2. The first-order chi connectivity index (χ1) is 12.3. The number of fused-ring (bicyclic) bond motifs is 1. The highest BCUT2D eigenvalue weighted by molar-refractivity contribution is 5.92. The predicted octanol–water partition coefficient (Wildman–Crippen LogP) is 4.80. The Labute approximate surface area is 145 Å². The van der Waals surface area contributed by atoms with Gasteiger partial charge < -0.3 is 4.74 Å². The van der Waals surface area contributed by atoms with Crippen LogP contribution in [0.25, 0.3) is 34.2 Å². The third-order valence-electron chi connectivity index (χ3n) is 4.13. The number of aromatic nitrogens is 3. The van der Waals surface area contributed by atoms with Crippen LogP contribution < -0.4 is 4.74 Å². The van der Waals surface area contributed by atoms with E-state index < -0.39 is 0 Å². The highest BCUT2D eigenvalue weighted by Gasteiger charge is 2.05. The summed E-state index contributed by atoms with van der Waals surface area (Å²) >= 11 is 0. The van der Waals surface area contributed by atoms with E-state index in [2.05, 4.69) is 33.4 Å². The molecule has 0 aliphatic heterocycles. The van der Waals surface area contributed by atoms with E-state index in [1.165, 1.54) is 0 Å². The number of hydrogen-bond donors (Lipinski definition) is 1. The molecule has 0 bridgehead atoms. The summed E-state index contributed by atoms with van der Waals surface area (Å²) in [6, 6.07) is 18.3. The average molecular weight is 327 g/mol. The Bertz CT molecular complexity index is 1040. The van der Waals surface area contributed by atoms with Crippen LogP contribution in [0.3, 0.4) is 0 Å². The van der Waals surface area contributed by atoms with E-state index >= 15 is 0 Å². The molecule has 0 radical (unpaired) electrons. The van der Waals surface area contributed by atoms with Gasteiger partial charge in [-0.05, 0) is 59.2 Å². The van der Waals surface area contributed by atoms with Crippen molar-refractivity contribution in [1.82, 2.24) is 15.2 Å². The lowest BCUT2D eigenvalue weighted by atomic mass is 10.0. The molecule has 0 unspecified atom stereocenters. The molecule has 0 spiro atoms. The number of methoxy groups -OCH3 is 1. The molecule has 0 saturated carbocycles. The van der Waals surface area contributed by atoms with Crippen LogP contribution in [0.4, 0.5) is 0 Å². The summed E-state index contributed by atoms with van der Waals surface area (Å²) in [7, 11) is 1.67. The van der Waals surface area contributed by atoms with Gasteiger partial charge in [-0.1, -0.05) is 24.3 Å². The van der Waals surface area contributed by atoms with Gasteiger partial charge in [-0.15, -0.1) is 0 Å². The summed E-state index contributed by atoms with van der Waals surface area (Å²) in [5.74, 6) is 0.844. The van der Waals surface area contributed by atoms with Crippen molar-refractivity contribution in [3.63, 3.8) is 0 Å². The molecule has 25 heavy (non-hydrogen) atoms. The molecule has 4 heteroatoms. The fourth-order valence-corrected chi connectivity index (χ4v) is 2.81. The molecule has 0 amide bonds. The summed E-state index contributed by atoms with van der Waals surface area (Å²) in [5.41, 5.74) is 5.28. The molecule has 1 N–H and O–H groups in total. The number of rotatable bonds is 4.